The van der Waals surface area contributed by atoms with Crippen LogP contribution in [0, 0.1) is 0 Å². The van der Waals surface area contributed by atoms with Crippen molar-refractivity contribution in [1.29, 1.82) is 0 Å². The van der Waals surface area contributed by atoms with E-state index in [4.69, 9.17) is 14.2 Å². The zero-order valence-electron chi connectivity index (χ0n) is 44.8. The first-order valence-electron chi connectivity index (χ1n) is 28.4. The predicted molar refractivity (Wildman–Crippen MR) is 297 cm³/mol. The van der Waals surface area contributed by atoms with Crippen LogP contribution in [0.2, 0.25) is 0 Å². The molecule has 0 aliphatic rings. The zero-order valence-corrected chi connectivity index (χ0v) is 44.8. The quantitative estimate of drug-likeness (QED) is 0.0262. The minimum Gasteiger partial charge on any atom is -0.462 e. The number of esters is 3. The maximum absolute atomic E-state index is 12.8. The number of allylic oxidation sites excluding steroid dienone is 18. The summed E-state index contributed by atoms with van der Waals surface area (Å²) in [5.74, 6) is -1.02. The van der Waals surface area contributed by atoms with Gasteiger partial charge in [0, 0.05) is 19.3 Å². The first kappa shape index (κ1) is 65.1. The van der Waals surface area contributed by atoms with Gasteiger partial charge in [0.15, 0.2) is 6.10 Å². The van der Waals surface area contributed by atoms with Crippen LogP contribution < -0.4 is 0 Å². The summed E-state index contributed by atoms with van der Waals surface area (Å²) in [7, 11) is 0. The van der Waals surface area contributed by atoms with E-state index in [0.29, 0.717) is 19.3 Å². The van der Waals surface area contributed by atoms with Crippen LogP contribution in [0.15, 0.2) is 109 Å². The van der Waals surface area contributed by atoms with Gasteiger partial charge in [-0.15, -0.1) is 0 Å². The molecular formula is C63H104O6. The summed E-state index contributed by atoms with van der Waals surface area (Å²) in [6, 6.07) is 0. The van der Waals surface area contributed by atoms with Crippen molar-refractivity contribution in [2.75, 3.05) is 13.2 Å². The van der Waals surface area contributed by atoms with Gasteiger partial charge in [-0.1, -0.05) is 226 Å². The molecule has 0 aliphatic carbocycles. The van der Waals surface area contributed by atoms with E-state index >= 15 is 0 Å². The molecule has 0 bridgehead atoms. The van der Waals surface area contributed by atoms with Crippen molar-refractivity contribution >= 4 is 17.9 Å². The lowest BCUT2D eigenvalue weighted by atomic mass is 10.1. The van der Waals surface area contributed by atoms with E-state index in [1.54, 1.807) is 0 Å². The van der Waals surface area contributed by atoms with Gasteiger partial charge in [-0.3, -0.25) is 14.4 Å². The molecule has 0 saturated carbocycles. The van der Waals surface area contributed by atoms with Gasteiger partial charge in [-0.2, -0.15) is 0 Å². The third-order valence-electron chi connectivity index (χ3n) is 11.7. The molecule has 0 saturated heterocycles. The van der Waals surface area contributed by atoms with Crippen molar-refractivity contribution < 1.29 is 28.6 Å². The Labute approximate surface area is 425 Å². The first-order chi connectivity index (χ1) is 34.0. The molecule has 0 amide bonds. The van der Waals surface area contributed by atoms with E-state index in [0.717, 1.165) is 103 Å². The monoisotopic (exact) mass is 957 g/mol. The molecule has 0 rings (SSSR count). The number of hydrogen-bond donors (Lipinski definition) is 0. The molecule has 0 aliphatic heterocycles. The normalized spacial score (nSPS) is 12.9. The minimum absolute atomic E-state index is 0.117. The standard InChI is InChI=1S/C63H104O6/c1-4-7-10-13-16-19-22-25-28-30-31-33-36-39-42-45-48-51-54-57-63(66)69-60(58-67-61(64)55-52-49-46-43-40-37-34-27-24-21-18-15-12-9-6-3)59-68-62(65)56-53-50-47-44-41-38-35-32-29-26-23-20-17-14-11-8-5-2/h9,12,16,18-19,21,25-29,31,33-34,39,42,48,51,60H,4-8,10-11,13-15,17,20,22-24,30,32,35-38,40-41,43-47,49-50,52-59H2,1-3H3/b12-9-,19-16-,21-18-,28-25-,29-26-,33-31-,34-27-,42-39-,51-48-/t60-/m1/s1. The van der Waals surface area contributed by atoms with E-state index in [9.17, 15) is 14.4 Å². The van der Waals surface area contributed by atoms with Gasteiger partial charge in [-0.25, -0.2) is 0 Å². The molecule has 392 valence electrons. The van der Waals surface area contributed by atoms with E-state index < -0.39 is 12.1 Å². The largest absolute Gasteiger partial charge is 0.462 e. The fourth-order valence-corrected chi connectivity index (χ4v) is 7.49. The summed E-state index contributed by atoms with van der Waals surface area (Å²) < 4.78 is 16.8. The van der Waals surface area contributed by atoms with Gasteiger partial charge < -0.3 is 14.2 Å². The summed E-state index contributed by atoms with van der Waals surface area (Å²) in [6.45, 7) is 6.42. The Morgan fingerprint density at radius 2 is 0.594 bits per heavy atom. The lowest BCUT2D eigenvalue weighted by molar-refractivity contribution is -0.166. The summed E-state index contributed by atoms with van der Waals surface area (Å²) in [5, 5.41) is 0. The van der Waals surface area contributed by atoms with Crippen LogP contribution in [0.1, 0.15) is 252 Å². The highest BCUT2D eigenvalue weighted by Crippen LogP contribution is 2.13. The maximum atomic E-state index is 12.8. The van der Waals surface area contributed by atoms with Gasteiger partial charge >= 0.3 is 17.9 Å². The second-order valence-corrected chi connectivity index (χ2v) is 18.5. The second kappa shape index (κ2) is 56.7. The molecule has 0 fully saturated rings. The molecule has 0 unspecified atom stereocenters. The van der Waals surface area contributed by atoms with Crippen LogP contribution in [-0.4, -0.2) is 37.2 Å². The van der Waals surface area contributed by atoms with Crippen LogP contribution in [0.4, 0.5) is 0 Å². The smallest absolute Gasteiger partial charge is 0.306 e. The van der Waals surface area contributed by atoms with E-state index in [2.05, 4.69) is 124 Å². The molecule has 69 heavy (non-hydrogen) atoms. The lowest BCUT2D eigenvalue weighted by Crippen LogP contribution is -2.30. The molecule has 0 spiro atoms. The molecule has 6 nitrogen and oxygen atoms in total. The third-order valence-corrected chi connectivity index (χ3v) is 11.7. The summed E-state index contributed by atoms with van der Waals surface area (Å²) in [4.78, 5) is 38.1. The molecule has 0 heterocycles. The number of carbonyl (C=O) groups is 3. The van der Waals surface area contributed by atoms with Crippen LogP contribution in [0.3, 0.4) is 0 Å². The maximum Gasteiger partial charge on any atom is 0.306 e. The Balaban J connectivity index is 4.54. The van der Waals surface area contributed by atoms with Gasteiger partial charge in [0.05, 0.1) is 0 Å². The van der Waals surface area contributed by atoms with Crippen molar-refractivity contribution in [2.24, 2.45) is 0 Å². The number of unbranched alkanes of at least 4 members (excludes halogenated alkanes) is 21. The molecule has 1 atom stereocenters. The lowest BCUT2D eigenvalue weighted by Gasteiger charge is -2.18. The van der Waals surface area contributed by atoms with Crippen molar-refractivity contribution in [2.45, 2.75) is 258 Å². The summed E-state index contributed by atoms with van der Waals surface area (Å²) >= 11 is 0. The van der Waals surface area contributed by atoms with Crippen molar-refractivity contribution in [3.8, 4) is 0 Å². The molecule has 0 radical (unpaired) electrons. The zero-order chi connectivity index (χ0) is 50.0. The third kappa shape index (κ3) is 54.9. The highest BCUT2D eigenvalue weighted by molar-refractivity contribution is 5.71. The van der Waals surface area contributed by atoms with Crippen LogP contribution in [0.5, 0.6) is 0 Å². The molecule has 0 aromatic carbocycles. The van der Waals surface area contributed by atoms with E-state index in [1.807, 2.05) is 6.08 Å². The number of hydrogen-bond acceptors (Lipinski definition) is 6. The summed E-state index contributed by atoms with van der Waals surface area (Å²) in [5.41, 5.74) is 0. The Bertz CT molecular complexity index is 1420. The van der Waals surface area contributed by atoms with Gasteiger partial charge in [-0.05, 0) is 116 Å². The predicted octanol–water partition coefficient (Wildman–Crippen LogP) is 19.1. The molecule has 6 heteroatoms. The topological polar surface area (TPSA) is 78.9 Å². The second-order valence-electron chi connectivity index (χ2n) is 18.5. The Hall–Kier alpha value is -3.93. The Morgan fingerprint density at radius 3 is 0.986 bits per heavy atom. The SMILES string of the molecule is CC/C=C\C/C=C\C/C=C\CCCCCCCC(=O)OC[C@H](COC(=O)CCCCCCCCC/C=C\CCCCCCCC)OC(=O)CC/C=C\C/C=C\C/C=C\C/C=C\C/C=C\CCCCC. The molecule has 0 N–H and O–H groups in total. The van der Waals surface area contributed by atoms with Crippen LogP contribution in [0.25, 0.3) is 0 Å². The number of rotatable bonds is 50. The Morgan fingerprint density at radius 1 is 0.304 bits per heavy atom. The Kier molecular flexibility index (Phi) is 53.4. The number of ether oxygens (including phenoxy) is 3. The molecular weight excluding hydrogens is 853 g/mol. The number of carbonyl (C=O) groups excluding carboxylic acids is 3. The van der Waals surface area contributed by atoms with Crippen molar-refractivity contribution in [3.63, 3.8) is 0 Å². The first-order valence-corrected chi connectivity index (χ1v) is 28.4. The molecule has 0 aromatic rings. The summed E-state index contributed by atoms with van der Waals surface area (Å²) in [6.07, 6.45) is 76.6. The highest BCUT2D eigenvalue weighted by atomic mass is 16.6. The molecule has 0 aromatic heterocycles. The van der Waals surface area contributed by atoms with Crippen molar-refractivity contribution in [3.05, 3.63) is 109 Å². The minimum atomic E-state index is -0.829. The average Bonchev–Trinajstić information content (AvgIpc) is 3.35. The van der Waals surface area contributed by atoms with Crippen LogP contribution >= 0.6 is 0 Å². The van der Waals surface area contributed by atoms with Gasteiger partial charge in [0.25, 0.3) is 0 Å². The van der Waals surface area contributed by atoms with E-state index in [-0.39, 0.29) is 31.6 Å². The average molecular weight is 958 g/mol. The fourth-order valence-electron chi connectivity index (χ4n) is 7.49. The highest BCUT2D eigenvalue weighted by Gasteiger charge is 2.19. The van der Waals surface area contributed by atoms with E-state index in [1.165, 1.54) is 103 Å². The van der Waals surface area contributed by atoms with Gasteiger partial charge in [0.1, 0.15) is 13.2 Å². The van der Waals surface area contributed by atoms with Crippen LogP contribution in [-0.2, 0) is 28.6 Å². The van der Waals surface area contributed by atoms with Crippen molar-refractivity contribution in [1.82, 2.24) is 0 Å². The van der Waals surface area contributed by atoms with Gasteiger partial charge in [0.2, 0.25) is 0 Å². The fraction of sp³-hybridized carbons (Fsp3) is 0.667.